The molecule has 94 valence electrons. The summed E-state index contributed by atoms with van der Waals surface area (Å²) in [4.78, 5) is 4.08. The van der Waals surface area contributed by atoms with Crippen LogP contribution in [0.25, 0.3) is 0 Å². The van der Waals surface area contributed by atoms with E-state index in [-0.39, 0.29) is 6.04 Å². The predicted molar refractivity (Wildman–Crippen MR) is 72.6 cm³/mol. The minimum Gasteiger partial charge on any atom is -0.490 e. The largest absolute Gasteiger partial charge is 0.490 e. The Balaban J connectivity index is 1.83. The molecule has 3 heteroatoms. The first-order chi connectivity index (χ1) is 8.74. The number of hydrogen-bond donors (Lipinski definition) is 1. The Kier molecular flexibility index (Phi) is 4.31. The average Bonchev–Trinajstić information content (AvgIpc) is 2.38. The molecule has 0 unspecified atom stereocenters. The van der Waals surface area contributed by atoms with E-state index in [1.54, 1.807) is 12.4 Å². The molecule has 0 fully saturated rings. The third kappa shape index (κ3) is 3.86. The Labute approximate surface area is 108 Å². The van der Waals surface area contributed by atoms with Crippen LogP contribution in [0.5, 0.6) is 5.75 Å². The molecule has 18 heavy (non-hydrogen) atoms. The molecule has 0 aliphatic carbocycles. The van der Waals surface area contributed by atoms with Gasteiger partial charge in [0.2, 0.25) is 0 Å². The molecule has 0 aliphatic rings. The molecule has 3 nitrogen and oxygen atoms in total. The summed E-state index contributed by atoms with van der Waals surface area (Å²) in [5, 5.41) is 0. The molecule has 0 saturated heterocycles. The molecule has 2 N–H and O–H groups in total. The molecule has 2 rings (SSSR count). The van der Waals surface area contributed by atoms with Gasteiger partial charge in [-0.2, -0.15) is 0 Å². The third-order valence-corrected chi connectivity index (χ3v) is 2.65. The van der Waals surface area contributed by atoms with Gasteiger partial charge in [-0.15, -0.1) is 0 Å². The lowest BCUT2D eigenvalue weighted by Gasteiger charge is -2.13. The van der Waals surface area contributed by atoms with Crippen LogP contribution in [0.2, 0.25) is 0 Å². The van der Waals surface area contributed by atoms with E-state index in [9.17, 15) is 0 Å². The summed E-state index contributed by atoms with van der Waals surface area (Å²) >= 11 is 0. The maximum atomic E-state index is 6.05. The molecule has 0 aliphatic heterocycles. The predicted octanol–water partition coefficient (Wildman–Crippen LogP) is 2.34. The minimum absolute atomic E-state index is 0.00656. The Morgan fingerprint density at radius 2 is 2.00 bits per heavy atom. The van der Waals surface area contributed by atoms with Crippen LogP contribution in [0.3, 0.4) is 0 Å². The zero-order chi connectivity index (χ0) is 12.8. The van der Waals surface area contributed by atoms with Crippen molar-refractivity contribution in [2.24, 2.45) is 5.73 Å². The van der Waals surface area contributed by atoms with E-state index in [0.717, 1.165) is 17.7 Å². The fourth-order valence-electron chi connectivity index (χ4n) is 1.79. The van der Waals surface area contributed by atoms with Gasteiger partial charge in [-0.05, 0) is 30.5 Å². The van der Waals surface area contributed by atoms with Crippen LogP contribution in [-0.2, 0) is 6.42 Å². The van der Waals surface area contributed by atoms with E-state index in [0.29, 0.717) is 6.61 Å². The van der Waals surface area contributed by atoms with Gasteiger partial charge in [-0.1, -0.05) is 30.3 Å². The SMILES string of the molecule is Cc1cncc(OC[C@@H](N)Cc2ccccc2)c1. The second-order valence-electron chi connectivity index (χ2n) is 4.46. The molecule has 1 atom stereocenters. The lowest BCUT2D eigenvalue weighted by atomic mass is 10.1. The number of ether oxygens (including phenoxy) is 1. The number of nitrogens with two attached hydrogens (primary N) is 1. The topological polar surface area (TPSA) is 48.1 Å². The summed E-state index contributed by atoms with van der Waals surface area (Å²) in [6, 6.07) is 12.2. The minimum atomic E-state index is -0.00656. The first-order valence-corrected chi connectivity index (χ1v) is 6.08. The first kappa shape index (κ1) is 12.6. The molecule has 0 amide bonds. The third-order valence-electron chi connectivity index (χ3n) is 2.65. The molecule has 0 spiro atoms. The molecule has 0 bridgehead atoms. The monoisotopic (exact) mass is 242 g/mol. The van der Waals surface area contributed by atoms with Crippen molar-refractivity contribution < 1.29 is 4.74 Å². The van der Waals surface area contributed by atoms with Crippen molar-refractivity contribution in [3.63, 3.8) is 0 Å². The normalized spacial score (nSPS) is 12.1. The lowest BCUT2D eigenvalue weighted by molar-refractivity contribution is 0.286. The summed E-state index contributed by atoms with van der Waals surface area (Å²) in [7, 11) is 0. The standard InChI is InChI=1S/C15H18N2O/c1-12-7-15(10-17-9-12)18-11-14(16)8-13-5-3-2-4-6-13/h2-7,9-10,14H,8,11,16H2,1H3/t14-/m0/s1. The van der Waals surface area contributed by atoms with Gasteiger partial charge in [0.15, 0.2) is 0 Å². The smallest absolute Gasteiger partial charge is 0.137 e. The van der Waals surface area contributed by atoms with Gasteiger partial charge in [0.1, 0.15) is 12.4 Å². The van der Waals surface area contributed by atoms with Crippen molar-refractivity contribution in [3.8, 4) is 5.75 Å². The number of pyridine rings is 1. The van der Waals surface area contributed by atoms with Crippen LogP contribution in [0.1, 0.15) is 11.1 Å². The summed E-state index contributed by atoms with van der Waals surface area (Å²) in [6.07, 6.45) is 4.33. The molecular weight excluding hydrogens is 224 g/mol. The summed E-state index contributed by atoms with van der Waals surface area (Å²) in [6.45, 7) is 2.49. The average molecular weight is 242 g/mol. The second-order valence-corrected chi connectivity index (χ2v) is 4.46. The summed E-state index contributed by atoms with van der Waals surface area (Å²) in [5.41, 5.74) is 8.37. The fourth-order valence-corrected chi connectivity index (χ4v) is 1.79. The van der Waals surface area contributed by atoms with Gasteiger partial charge in [0, 0.05) is 12.2 Å². The van der Waals surface area contributed by atoms with Gasteiger partial charge in [-0.25, -0.2) is 0 Å². The van der Waals surface area contributed by atoms with Gasteiger partial charge in [0.05, 0.1) is 6.20 Å². The van der Waals surface area contributed by atoms with Crippen LogP contribution >= 0.6 is 0 Å². The molecule has 2 aromatic rings. The van der Waals surface area contributed by atoms with Crippen molar-refractivity contribution in [1.82, 2.24) is 4.98 Å². The van der Waals surface area contributed by atoms with E-state index in [4.69, 9.17) is 10.5 Å². The zero-order valence-electron chi connectivity index (χ0n) is 10.5. The Bertz CT molecular complexity index is 485. The maximum Gasteiger partial charge on any atom is 0.137 e. The summed E-state index contributed by atoms with van der Waals surface area (Å²) in [5.74, 6) is 0.776. The number of hydrogen-bond acceptors (Lipinski definition) is 3. The van der Waals surface area contributed by atoms with Crippen molar-refractivity contribution in [3.05, 3.63) is 59.9 Å². The quantitative estimate of drug-likeness (QED) is 0.875. The Morgan fingerprint density at radius 3 is 2.72 bits per heavy atom. The highest BCUT2D eigenvalue weighted by Gasteiger charge is 2.05. The number of nitrogens with zero attached hydrogens (tertiary/aromatic N) is 1. The molecule has 0 saturated carbocycles. The number of benzene rings is 1. The highest BCUT2D eigenvalue weighted by molar-refractivity contribution is 5.22. The van der Waals surface area contributed by atoms with E-state index >= 15 is 0 Å². The van der Waals surface area contributed by atoms with Crippen LogP contribution in [0, 0.1) is 6.92 Å². The molecule has 1 aromatic carbocycles. The van der Waals surface area contributed by atoms with Gasteiger partial charge in [0.25, 0.3) is 0 Å². The number of aryl methyl sites for hydroxylation is 1. The van der Waals surface area contributed by atoms with Crippen molar-refractivity contribution in [1.29, 1.82) is 0 Å². The molecule has 1 aromatic heterocycles. The summed E-state index contributed by atoms with van der Waals surface area (Å²) < 4.78 is 5.63. The highest BCUT2D eigenvalue weighted by Crippen LogP contribution is 2.11. The Hall–Kier alpha value is -1.87. The van der Waals surface area contributed by atoms with Crippen molar-refractivity contribution >= 4 is 0 Å². The lowest BCUT2D eigenvalue weighted by Crippen LogP contribution is -2.30. The maximum absolute atomic E-state index is 6.05. The molecule has 1 heterocycles. The van der Waals surface area contributed by atoms with Gasteiger partial charge >= 0.3 is 0 Å². The number of rotatable bonds is 5. The zero-order valence-corrected chi connectivity index (χ0v) is 10.5. The van der Waals surface area contributed by atoms with E-state index in [1.165, 1.54) is 5.56 Å². The first-order valence-electron chi connectivity index (χ1n) is 6.08. The van der Waals surface area contributed by atoms with Crippen LogP contribution < -0.4 is 10.5 Å². The van der Waals surface area contributed by atoms with E-state index in [2.05, 4.69) is 17.1 Å². The second kappa shape index (κ2) is 6.17. The van der Waals surface area contributed by atoms with Crippen molar-refractivity contribution in [2.75, 3.05) is 6.61 Å². The molecular formula is C15H18N2O. The van der Waals surface area contributed by atoms with Crippen LogP contribution in [0.15, 0.2) is 48.8 Å². The van der Waals surface area contributed by atoms with Crippen molar-refractivity contribution in [2.45, 2.75) is 19.4 Å². The Morgan fingerprint density at radius 1 is 1.22 bits per heavy atom. The highest BCUT2D eigenvalue weighted by atomic mass is 16.5. The number of aromatic nitrogens is 1. The fraction of sp³-hybridized carbons (Fsp3) is 0.267. The van der Waals surface area contributed by atoms with E-state index in [1.807, 2.05) is 31.2 Å². The molecule has 0 radical (unpaired) electrons. The van der Waals surface area contributed by atoms with E-state index < -0.39 is 0 Å². The van der Waals surface area contributed by atoms with Crippen LogP contribution in [-0.4, -0.2) is 17.6 Å². The van der Waals surface area contributed by atoms with Gasteiger partial charge < -0.3 is 10.5 Å². The van der Waals surface area contributed by atoms with Gasteiger partial charge in [-0.3, -0.25) is 4.98 Å². The van der Waals surface area contributed by atoms with Crippen LogP contribution in [0.4, 0.5) is 0 Å².